The first kappa shape index (κ1) is 14.4. The highest BCUT2D eigenvalue weighted by molar-refractivity contribution is 7.89. The van der Waals surface area contributed by atoms with Crippen LogP contribution in [0.2, 0.25) is 0 Å². The molecule has 0 spiro atoms. The van der Waals surface area contributed by atoms with Gasteiger partial charge in [-0.05, 0) is 32.2 Å². The molecule has 1 aliphatic rings. The maximum atomic E-state index is 11.7. The number of H-pyrrole nitrogens is 1. The molecule has 0 radical (unpaired) electrons. The van der Waals surface area contributed by atoms with Crippen LogP contribution in [0.3, 0.4) is 0 Å². The van der Waals surface area contributed by atoms with Gasteiger partial charge in [0.25, 0.3) is 0 Å². The fourth-order valence-electron chi connectivity index (χ4n) is 1.76. The molecule has 19 heavy (non-hydrogen) atoms. The van der Waals surface area contributed by atoms with Gasteiger partial charge in [-0.15, -0.1) is 0 Å². The number of nitrogens with one attached hydrogen (secondary N) is 3. The normalized spacial score (nSPS) is 15.8. The molecule has 1 fully saturated rings. The van der Waals surface area contributed by atoms with Crippen LogP contribution in [0.5, 0.6) is 0 Å². The molecule has 1 aromatic rings. The summed E-state index contributed by atoms with van der Waals surface area (Å²) in [6.45, 7) is 1.22. The molecule has 2 rings (SSSR count). The number of aromatic amines is 1. The Bertz CT molecular complexity index is 455. The van der Waals surface area contributed by atoms with E-state index in [2.05, 4.69) is 25.2 Å². The Morgan fingerprint density at radius 1 is 1.32 bits per heavy atom. The van der Waals surface area contributed by atoms with Crippen molar-refractivity contribution >= 4 is 10.0 Å². The van der Waals surface area contributed by atoms with Crippen LogP contribution in [0.15, 0.2) is 6.33 Å². The van der Waals surface area contributed by atoms with Gasteiger partial charge in [0.15, 0.2) is 0 Å². The summed E-state index contributed by atoms with van der Waals surface area (Å²) in [7, 11) is -3.14. The zero-order valence-electron chi connectivity index (χ0n) is 10.9. The monoisotopic (exact) mass is 287 g/mol. The summed E-state index contributed by atoms with van der Waals surface area (Å²) < 4.78 is 26.0. The predicted octanol–water partition coefficient (Wildman–Crippen LogP) is -0.201. The number of nitrogens with zero attached hydrogens (tertiary/aromatic N) is 2. The van der Waals surface area contributed by atoms with E-state index in [4.69, 9.17) is 0 Å². The third kappa shape index (κ3) is 6.13. The molecule has 0 saturated heterocycles. The zero-order chi connectivity index (χ0) is 13.6. The second-order valence-corrected chi connectivity index (χ2v) is 6.76. The van der Waals surface area contributed by atoms with Gasteiger partial charge < -0.3 is 5.32 Å². The second kappa shape index (κ2) is 6.97. The Balaban J connectivity index is 1.52. The van der Waals surface area contributed by atoms with E-state index in [0.29, 0.717) is 25.4 Å². The number of hydrogen-bond donors (Lipinski definition) is 3. The molecule has 0 atom stereocenters. The largest absolute Gasteiger partial charge is 0.314 e. The second-order valence-electron chi connectivity index (χ2n) is 4.83. The summed E-state index contributed by atoms with van der Waals surface area (Å²) in [4.78, 5) is 3.98. The molecule has 1 aromatic heterocycles. The minimum Gasteiger partial charge on any atom is -0.314 e. The van der Waals surface area contributed by atoms with Crippen molar-refractivity contribution in [3.63, 3.8) is 0 Å². The van der Waals surface area contributed by atoms with Crippen molar-refractivity contribution in [2.45, 2.75) is 38.1 Å². The fourth-order valence-corrected chi connectivity index (χ4v) is 2.89. The van der Waals surface area contributed by atoms with E-state index in [1.807, 2.05) is 0 Å². The number of hydrogen-bond acceptors (Lipinski definition) is 5. The van der Waals surface area contributed by atoms with Crippen LogP contribution in [0, 0.1) is 0 Å². The molecule has 1 saturated carbocycles. The Morgan fingerprint density at radius 2 is 2.16 bits per heavy atom. The quantitative estimate of drug-likeness (QED) is 0.517. The van der Waals surface area contributed by atoms with Crippen molar-refractivity contribution in [3.8, 4) is 0 Å². The molecule has 1 heterocycles. The average Bonchev–Trinajstić information content (AvgIpc) is 3.05. The number of aromatic nitrogens is 3. The van der Waals surface area contributed by atoms with Gasteiger partial charge in [-0.25, -0.2) is 18.1 Å². The van der Waals surface area contributed by atoms with E-state index in [1.165, 1.54) is 19.2 Å². The van der Waals surface area contributed by atoms with Gasteiger partial charge in [-0.2, -0.15) is 5.10 Å². The Morgan fingerprint density at radius 3 is 2.84 bits per heavy atom. The zero-order valence-corrected chi connectivity index (χ0v) is 11.7. The molecule has 1 aliphatic carbocycles. The van der Waals surface area contributed by atoms with E-state index in [1.54, 1.807) is 0 Å². The lowest BCUT2D eigenvalue weighted by Gasteiger charge is -2.06. The molecule has 7 nitrogen and oxygen atoms in total. The van der Waals surface area contributed by atoms with E-state index in [-0.39, 0.29) is 5.75 Å². The highest BCUT2D eigenvalue weighted by atomic mass is 32.2. The van der Waals surface area contributed by atoms with E-state index < -0.39 is 10.0 Å². The third-order valence-corrected chi connectivity index (χ3v) is 4.45. The predicted molar refractivity (Wildman–Crippen MR) is 72.1 cm³/mol. The molecular formula is C11H21N5O2S. The number of sulfonamides is 1. The fraction of sp³-hybridized carbons (Fsp3) is 0.818. The maximum absolute atomic E-state index is 11.7. The molecule has 0 aliphatic heterocycles. The van der Waals surface area contributed by atoms with E-state index in [0.717, 1.165) is 18.8 Å². The van der Waals surface area contributed by atoms with Crippen molar-refractivity contribution in [2.24, 2.45) is 0 Å². The van der Waals surface area contributed by atoms with Crippen LogP contribution in [-0.4, -0.2) is 48.5 Å². The minimum atomic E-state index is -3.14. The summed E-state index contributed by atoms with van der Waals surface area (Å²) in [6.07, 6.45) is 5.99. The van der Waals surface area contributed by atoms with Gasteiger partial charge in [0.1, 0.15) is 12.2 Å². The summed E-state index contributed by atoms with van der Waals surface area (Å²) in [5.41, 5.74) is 0. The maximum Gasteiger partial charge on any atom is 0.211 e. The summed E-state index contributed by atoms with van der Waals surface area (Å²) in [6, 6.07) is 0.637. The lowest BCUT2D eigenvalue weighted by molar-refractivity contribution is 0.571. The summed E-state index contributed by atoms with van der Waals surface area (Å²) in [5.74, 6) is 0.975. The molecule has 8 heteroatoms. The van der Waals surface area contributed by atoms with Gasteiger partial charge >= 0.3 is 0 Å². The van der Waals surface area contributed by atoms with Crippen molar-refractivity contribution in [2.75, 3.05) is 18.8 Å². The van der Waals surface area contributed by atoms with Gasteiger partial charge in [-0.1, -0.05) is 0 Å². The lowest BCUT2D eigenvalue weighted by atomic mass is 10.3. The standard InChI is InChI=1S/C11H21N5O2S/c17-19(18,8-2-6-12-10-4-5-10)15-7-1-3-11-13-9-14-16-11/h9-10,12,15H,1-8H2,(H,13,14,16). The molecule has 108 valence electrons. The van der Waals surface area contributed by atoms with Crippen LogP contribution in [0.4, 0.5) is 0 Å². The van der Waals surface area contributed by atoms with E-state index in [9.17, 15) is 8.42 Å². The SMILES string of the molecule is O=S(=O)(CCCNC1CC1)NCCCc1ncn[nH]1. The van der Waals surface area contributed by atoms with Gasteiger partial charge in [-0.3, -0.25) is 5.10 Å². The van der Waals surface area contributed by atoms with Gasteiger partial charge in [0.05, 0.1) is 5.75 Å². The van der Waals surface area contributed by atoms with Crippen molar-refractivity contribution < 1.29 is 8.42 Å². The third-order valence-electron chi connectivity index (χ3n) is 2.98. The minimum absolute atomic E-state index is 0.190. The highest BCUT2D eigenvalue weighted by Gasteiger charge is 2.20. The van der Waals surface area contributed by atoms with Crippen molar-refractivity contribution in [1.82, 2.24) is 25.2 Å². The average molecular weight is 287 g/mol. The van der Waals surface area contributed by atoms with Crippen LogP contribution < -0.4 is 10.0 Å². The van der Waals surface area contributed by atoms with Crippen LogP contribution >= 0.6 is 0 Å². The lowest BCUT2D eigenvalue weighted by Crippen LogP contribution is -2.29. The molecular weight excluding hydrogens is 266 g/mol. The first-order valence-electron chi connectivity index (χ1n) is 6.71. The molecule has 3 N–H and O–H groups in total. The van der Waals surface area contributed by atoms with Crippen LogP contribution in [0.1, 0.15) is 31.5 Å². The number of aryl methyl sites for hydroxylation is 1. The van der Waals surface area contributed by atoms with Crippen LogP contribution in [-0.2, 0) is 16.4 Å². The van der Waals surface area contributed by atoms with Crippen LogP contribution in [0.25, 0.3) is 0 Å². The smallest absolute Gasteiger partial charge is 0.211 e. The molecule has 0 unspecified atom stereocenters. The Kier molecular flexibility index (Phi) is 5.29. The Hall–Kier alpha value is -0.990. The van der Waals surface area contributed by atoms with E-state index >= 15 is 0 Å². The molecule has 0 aromatic carbocycles. The van der Waals surface area contributed by atoms with Crippen molar-refractivity contribution in [1.29, 1.82) is 0 Å². The topological polar surface area (TPSA) is 99.8 Å². The first-order chi connectivity index (χ1) is 9.16. The van der Waals surface area contributed by atoms with Crippen molar-refractivity contribution in [3.05, 3.63) is 12.2 Å². The highest BCUT2D eigenvalue weighted by Crippen LogP contribution is 2.18. The number of rotatable bonds is 10. The van der Waals surface area contributed by atoms with Gasteiger partial charge in [0, 0.05) is 19.0 Å². The van der Waals surface area contributed by atoms with Gasteiger partial charge in [0.2, 0.25) is 10.0 Å². The molecule has 0 bridgehead atoms. The summed E-state index contributed by atoms with van der Waals surface area (Å²) >= 11 is 0. The Labute approximate surface area is 113 Å². The molecule has 0 amide bonds. The first-order valence-corrected chi connectivity index (χ1v) is 8.36. The summed E-state index contributed by atoms with van der Waals surface area (Å²) in [5, 5.41) is 9.79.